The lowest BCUT2D eigenvalue weighted by Gasteiger charge is -2.41. The first-order chi connectivity index (χ1) is 9.09. The number of urea groups is 1. The average Bonchev–Trinajstić information content (AvgIpc) is 2.38. The van der Waals surface area contributed by atoms with Gasteiger partial charge in [-0.25, -0.2) is 4.79 Å². The van der Waals surface area contributed by atoms with Crippen LogP contribution in [-0.4, -0.2) is 63.6 Å². The van der Waals surface area contributed by atoms with Gasteiger partial charge in [-0.2, -0.15) is 11.8 Å². The van der Waals surface area contributed by atoms with E-state index < -0.39 is 5.97 Å². The van der Waals surface area contributed by atoms with Crippen LogP contribution >= 0.6 is 11.8 Å². The number of hydrogen-bond donors (Lipinski definition) is 1. The molecule has 0 aromatic heterocycles. The maximum atomic E-state index is 12.6. The van der Waals surface area contributed by atoms with Crippen molar-refractivity contribution in [2.75, 3.05) is 24.6 Å². The van der Waals surface area contributed by atoms with E-state index in [4.69, 9.17) is 5.11 Å². The summed E-state index contributed by atoms with van der Waals surface area (Å²) in [4.78, 5) is 27.2. The summed E-state index contributed by atoms with van der Waals surface area (Å²) in [7, 11) is 0. The normalized spacial score (nSPS) is 28.3. The zero-order chi connectivity index (χ0) is 13.8. The molecule has 2 unspecified atom stereocenters. The number of hydrogen-bond acceptors (Lipinski definition) is 3. The second kappa shape index (κ2) is 6.50. The number of thioether (sulfide) groups is 1. The van der Waals surface area contributed by atoms with Crippen LogP contribution in [0.25, 0.3) is 0 Å². The summed E-state index contributed by atoms with van der Waals surface area (Å²) in [6.45, 7) is 3.57. The number of nitrogens with zero attached hydrogens (tertiary/aromatic N) is 2. The van der Waals surface area contributed by atoms with Gasteiger partial charge in [0, 0.05) is 30.6 Å². The number of carbonyl (C=O) groups is 2. The largest absolute Gasteiger partial charge is 0.481 e. The summed E-state index contributed by atoms with van der Waals surface area (Å²) >= 11 is 1.74. The fourth-order valence-corrected chi connectivity index (χ4v) is 3.89. The van der Waals surface area contributed by atoms with Gasteiger partial charge in [-0.15, -0.1) is 0 Å². The van der Waals surface area contributed by atoms with Crippen LogP contribution in [0, 0.1) is 0 Å². The highest BCUT2D eigenvalue weighted by atomic mass is 32.2. The van der Waals surface area contributed by atoms with Crippen LogP contribution < -0.4 is 0 Å². The molecule has 2 amide bonds. The van der Waals surface area contributed by atoms with Gasteiger partial charge < -0.3 is 14.9 Å². The summed E-state index contributed by atoms with van der Waals surface area (Å²) in [6.07, 6.45) is 3.35. The van der Waals surface area contributed by atoms with Gasteiger partial charge in [0.1, 0.15) is 0 Å². The Morgan fingerprint density at radius 3 is 2.74 bits per heavy atom. The van der Waals surface area contributed by atoms with Gasteiger partial charge in [0.15, 0.2) is 0 Å². The van der Waals surface area contributed by atoms with Crippen LogP contribution in [0.2, 0.25) is 0 Å². The molecule has 2 aliphatic rings. The van der Waals surface area contributed by atoms with Crippen LogP contribution in [0.15, 0.2) is 0 Å². The van der Waals surface area contributed by atoms with Gasteiger partial charge in [-0.05, 0) is 26.2 Å². The first kappa shape index (κ1) is 14.5. The third-order valence-electron chi connectivity index (χ3n) is 3.93. The molecule has 2 heterocycles. The van der Waals surface area contributed by atoms with Gasteiger partial charge in [-0.3, -0.25) is 4.79 Å². The number of aliphatic carboxylic acids is 1. The van der Waals surface area contributed by atoms with Crippen LogP contribution in [0.3, 0.4) is 0 Å². The van der Waals surface area contributed by atoms with Crippen molar-refractivity contribution in [2.45, 2.75) is 44.7 Å². The Morgan fingerprint density at radius 2 is 2.05 bits per heavy atom. The second-order valence-corrected chi connectivity index (χ2v) is 6.49. The minimum absolute atomic E-state index is 0.0405. The lowest BCUT2D eigenvalue weighted by Crippen LogP contribution is -2.55. The van der Waals surface area contributed by atoms with Crippen molar-refractivity contribution < 1.29 is 14.7 Å². The predicted molar refractivity (Wildman–Crippen MR) is 75.5 cm³/mol. The highest BCUT2D eigenvalue weighted by Gasteiger charge is 2.34. The SMILES string of the molecule is CC1CCCCN1C(=O)N1CCSCC1CC(=O)O. The van der Waals surface area contributed by atoms with E-state index in [0.717, 1.165) is 30.9 Å². The Bertz CT molecular complexity index is 351. The van der Waals surface area contributed by atoms with Gasteiger partial charge >= 0.3 is 12.0 Å². The molecule has 6 heteroatoms. The van der Waals surface area contributed by atoms with E-state index in [2.05, 4.69) is 6.92 Å². The molecule has 0 aromatic rings. The summed E-state index contributed by atoms with van der Waals surface area (Å²) in [6, 6.07) is 0.165. The molecule has 0 aromatic carbocycles. The van der Waals surface area contributed by atoms with Gasteiger partial charge in [0.25, 0.3) is 0 Å². The van der Waals surface area contributed by atoms with E-state index in [1.165, 1.54) is 6.42 Å². The van der Waals surface area contributed by atoms with Crippen LogP contribution in [0.4, 0.5) is 4.79 Å². The molecule has 19 heavy (non-hydrogen) atoms. The molecule has 0 bridgehead atoms. The Balaban J connectivity index is 2.03. The number of amides is 2. The topological polar surface area (TPSA) is 60.9 Å². The zero-order valence-corrected chi connectivity index (χ0v) is 12.2. The molecule has 0 saturated carbocycles. The Labute approximate surface area is 118 Å². The number of carbonyl (C=O) groups excluding carboxylic acids is 1. The molecule has 2 aliphatic heterocycles. The number of carboxylic acid groups (broad SMARTS) is 1. The van der Waals surface area contributed by atoms with Crippen LogP contribution in [0.5, 0.6) is 0 Å². The number of carboxylic acids is 1. The fraction of sp³-hybridized carbons (Fsp3) is 0.846. The van der Waals surface area contributed by atoms with Crippen LogP contribution in [-0.2, 0) is 4.79 Å². The first-order valence-corrected chi connectivity index (χ1v) is 8.12. The van der Waals surface area contributed by atoms with Crippen molar-refractivity contribution in [3.05, 3.63) is 0 Å². The third-order valence-corrected chi connectivity index (χ3v) is 5.02. The van der Waals surface area contributed by atoms with E-state index in [1.54, 1.807) is 16.7 Å². The van der Waals surface area contributed by atoms with Crippen molar-refractivity contribution >= 4 is 23.8 Å². The molecule has 2 rings (SSSR count). The third kappa shape index (κ3) is 3.55. The van der Waals surface area contributed by atoms with E-state index in [-0.39, 0.29) is 24.5 Å². The van der Waals surface area contributed by atoms with E-state index in [0.29, 0.717) is 6.54 Å². The molecule has 0 radical (unpaired) electrons. The van der Waals surface area contributed by atoms with Crippen LogP contribution in [0.1, 0.15) is 32.6 Å². The zero-order valence-electron chi connectivity index (χ0n) is 11.4. The molecule has 0 aliphatic carbocycles. The average molecular weight is 286 g/mol. The Kier molecular flexibility index (Phi) is 4.96. The highest BCUT2D eigenvalue weighted by Crippen LogP contribution is 2.24. The molecule has 2 fully saturated rings. The van der Waals surface area contributed by atoms with E-state index in [1.807, 2.05) is 4.90 Å². The molecule has 0 spiro atoms. The molecule has 2 saturated heterocycles. The molecular formula is C13H22N2O3S. The lowest BCUT2D eigenvalue weighted by molar-refractivity contribution is -0.138. The van der Waals surface area contributed by atoms with Gasteiger partial charge in [0.2, 0.25) is 0 Å². The van der Waals surface area contributed by atoms with Gasteiger partial charge in [-0.1, -0.05) is 0 Å². The minimum atomic E-state index is -0.822. The summed E-state index contributed by atoms with van der Waals surface area (Å²) in [5.41, 5.74) is 0. The summed E-state index contributed by atoms with van der Waals surface area (Å²) < 4.78 is 0. The van der Waals surface area contributed by atoms with E-state index >= 15 is 0 Å². The number of rotatable bonds is 2. The van der Waals surface area contributed by atoms with Gasteiger partial charge in [0.05, 0.1) is 12.5 Å². The number of likely N-dealkylation sites (tertiary alicyclic amines) is 1. The monoisotopic (exact) mass is 286 g/mol. The molecule has 5 nitrogen and oxygen atoms in total. The molecule has 2 atom stereocenters. The summed E-state index contributed by atoms with van der Waals surface area (Å²) in [5.74, 6) is 0.821. The quantitative estimate of drug-likeness (QED) is 0.842. The second-order valence-electron chi connectivity index (χ2n) is 5.34. The predicted octanol–water partition coefficient (Wildman–Crippen LogP) is 1.87. The van der Waals surface area contributed by atoms with Crippen molar-refractivity contribution in [1.29, 1.82) is 0 Å². The van der Waals surface area contributed by atoms with Crippen molar-refractivity contribution in [3.63, 3.8) is 0 Å². The number of piperidine rings is 1. The standard InChI is InChI=1S/C13H22N2O3S/c1-10-4-2-3-5-14(10)13(18)15-6-7-19-9-11(15)8-12(16)17/h10-11H,2-9H2,1H3,(H,16,17). The smallest absolute Gasteiger partial charge is 0.320 e. The molecule has 1 N–H and O–H groups in total. The minimum Gasteiger partial charge on any atom is -0.481 e. The highest BCUT2D eigenvalue weighted by molar-refractivity contribution is 7.99. The summed E-state index contributed by atoms with van der Waals surface area (Å²) in [5, 5.41) is 8.97. The van der Waals surface area contributed by atoms with Crippen molar-refractivity contribution in [1.82, 2.24) is 9.80 Å². The molecular weight excluding hydrogens is 264 g/mol. The fourth-order valence-electron chi connectivity index (χ4n) is 2.82. The van der Waals surface area contributed by atoms with Crippen molar-refractivity contribution in [3.8, 4) is 0 Å². The Hall–Kier alpha value is -0.910. The Morgan fingerprint density at radius 1 is 1.26 bits per heavy atom. The lowest BCUT2D eigenvalue weighted by atomic mass is 10.0. The van der Waals surface area contributed by atoms with Crippen molar-refractivity contribution in [2.24, 2.45) is 0 Å². The maximum Gasteiger partial charge on any atom is 0.320 e. The molecule has 108 valence electrons. The van der Waals surface area contributed by atoms with E-state index in [9.17, 15) is 9.59 Å². The first-order valence-electron chi connectivity index (χ1n) is 6.96. The maximum absolute atomic E-state index is 12.6.